The van der Waals surface area contributed by atoms with Crippen LogP contribution in [0, 0.1) is 0 Å². The average molecular weight is 181 g/mol. The Balaban J connectivity index is 2.97. The van der Waals surface area contributed by atoms with Gasteiger partial charge in [0.25, 0.3) is 0 Å². The van der Waals surface area contributed by atoms with Gasteiger partial charge in [0.2, 0.25) is 0 Å². The van der Waals surface area contributed by atoms with Crippen molar-refractivity contribution in [3.8, 4) is 0 Å². The van der Waals surface area contributed by atoms with Crippen LogP contribution in [-0.2, 0) is 24.1 Å². The molecule has 10 heavy (non-hydrogen) atoms. The van der Waals surface area contributed by atoms with Gasteiger partial charge < -0.3 is 0 Å². The first kappa shape index (κ1) is 10.6. The number of hydrogen-bond acceptors (Lipinski definition) is 3. The molecule has 4 heteroatoms. The number of aliphatic hydroxyl groups excluding tert-OH is 2. The van der Waals surface area contributed by atoms with Gasteiger partial charge >= 0.3 is 72.9 Å². The van der Waals surface area contributed by atoms with Crippen LogP contribution in [0.25, 0.3) is 0 Å². The minimum absolute atomic E-state index is 0.208. The molecular weight excluding hydrogens is 168 g/mol. The fourth-order valence-corrected chi connectivity index (χ4v) is 0.972. The van der Waals surface area contributed by atoms with Gasteiger partial charge in [-0.2, -0.15) is 0 Å². The van der Waals surface area contributed by atoms with E-state index in [1.165, 1.54) is 0 Å². The number of unbranched alkanes of at least 4 members (excludes halogenated alkanes) is 1. The zero-order valence-electron chi connectivity index (χ0n) is 5.92. The molecule has 0 bridgehead atoms. The van der Waals surface area contributed by atoms with E-state index >= 15 is 0 Å². The third-order valence-electron chi connectivity index (χ3n) is 1.22. The van der Waals surface area contributed by atoms with Gasteiger partial charge in [0, 0.05) is 0 Å². The van der Waals surface area contributed by atoms with Crippen molar-refractivity contribution in [3.63, 3.8) is 0 Å². The molecular formula is C6H13O3Ti. The van der Waals surface area contributed by atoms with Crippen LogP contribution >= 0.6 is 0 Å². The number of rotatable bonds is 6. The molecule has 0 aliphatic heterocycles. The summed E-state index contributed by atoms with van der Waals surface area (Å²) in [6.07, 6.45) is 1.98. The molecule has 0 fully saturated rings. The maximum atomic E-state index is 9.07. The summed E-state index contributed by atoms with van der Waals surface area (Å²) in [6, 6.07) is 0. The first-order chi connectivity index (χ1) is 4.81. The van der Waals surface area contributed by atoms with Crippen molar-refractivity contribution in [2.45, 2.75) is 25.4 Å². The molecule has 0 saturated carbocycles. The molecule has 59 valence electrons. The Morgan fingerprint density at radius 3 is 2.60 bits per heavy atom. The normalized spacial score (nSPS) is 13.3. The van der Waals surface area contributed by atoms with Crippen molar-refractivity contribution in [2.24, 2.45) is 0 Å². The molecule has 0 rings (SSSR count). The SMILES string of the molecule is OCCCCC(O)C[O][Ti]. The van der Waals surface area contributed by atoms with Crippen LogP contribution in [-0.4, -0.2) is 29.5 Å². The van der Waals surface area contributed by atoms with Crippen molar-refractivity contribution in [1.29, 1.82) is 0 Å². The van der Waals surface area contributed by atoms with Crippen LogP contribution in [0.4, 0.5) is 0 Å². The fourth-order valence-electron chi connectivity index (χ4n) is 0.671. The van der Waals surface area contributed by atoms with E-state index in [0.29, 0.717) is 13.0 Å². The summed E-state index contributed by atoms with van der Waals surface area (Å²) in [5.74, 6) is 0. The van der Waals surface area contributed by atoms with Crippen LogP contribution in [0.15, 0.2) is 0 Å². The molecule has 0 aromatic heterocycles. The topological polar surface area (TPSA) is 49.7 Å². The molecule has 0 aliphatic rings. The quantitative estimate of drug-likeness (QED) is 0.447. The second-order valence-corrected chi connectivity index (χ2v) is 2.63. The molecule has 0 amide bonds. The van der Waals surface area contributed by atoms with E-state index in [4.69, 9.17) is 13.5 Å². The molecule has 0 aromatic rings. The number of hydrogen-bond donors (Lipinski definition) is 2. The predicted molar refractivity (Wildman–Crippen MR) is 32.9 cm³/mol. The first-order valence-electron chi connectivity index (χ1n) is 3.38. The molecule has 1 atom stereocenters. The Kier molecular flexibility index (Phi) is 8.16. The second kappa shape index (κ2) is 7.70. The predicted octanol–water partition coefficient (Wildman–Crippen LogP) is -0.0117. The molecule has 0 saturated heterocycles. The van der Waals surface area contributed by atoms with Gasteiger partial charge in [-0.25, -0.2) is 0 Å². The van der Waals surface area contributed by atoms with Gasteiger partial charge in [-0.15, -0.1) is 0 Å². The Morgan fingerprint density at radius 1 is 1.40 bits per heavy atom. The van der Waals surface area contributed by atoms with Gasteiger partial charge in [-0.1, -0.05) is 0 Å². The van der Waals surface area contributed by atoms with E-state index in [0.717, 1.165) is 12.8 Å². The van der Waals surface area contributed by atoms with Gasteiger partial charge in [0.15, 0.2) is 0 Å². The van der Waals surface area contributed by atoms with Crippen molar-refractivity contribution < 1.29 is 34.4 Å². The van der Waals surface area contributed by atoms with Crippen LogP contribution in [0.2, 0.25) is 0 Å². The molecule has 0 heterocycles. The van der Waals surface area contributed by atoms with Gasteiger partial charge in [-0.05, 0) is 0 Å². The molecule has 0 spiro atoms. The first-order valence-corrected chi connectivity index (χ1v) is 4.02. The summed E-state index contributed by atoms with van der Waals surface area (Å²) in [7, 11) is 0. The zero-order valence-corrected chi connectivity index (χ0v) is 7.48. The molecule has 0 aliphatic carbocycles. The summed E-state index contributed by atoms with van der Waals surface area (Å²) in [6.45, 7) is 0.602. The molecule has 2 N–H and O–H groups in total. The molecule has 1 unspecified atom stereocenters. The minimum atomic E-state index is -0.364. The Hall–Kier alpha value is 0.594. The van der Waals surface area contributed by atoms with Crippen molar-refractivity contribution in [2.75, 3.05) is 13.2 Å². The summed E-state index contributed by atoms with van der Waals surface area (Å²) in [4.78, 5) is 0. The Bertz CT molecular complexity index is 70.0. The molecule has 3 nitrogen and oxygen atoms in total. The van der Waals surface area contributed by atoms with Gasteiger partial charge in [-0.3, -0.25) is 0 Å². The Labute approximate surface area is 73.3 Å². The van der Waals surface area contributed by atoms with E-state index in [9.17, 15) is 0 Å². The monoisotopic (exact) mass is 181 g/mol. The average Bonchev–Trinajstić information content (AvgIpc) is 1.89. The molecule has 0 aromatic carbocycles. The zero-order chi connectivity index (χ0) is 7.82. The molecule has 0 radical (unpaired) electrons. The van der Waals surface area contributed by atoms with Gasteiger partial charge in [0.1, 0.15) is 0 Å². The van der Waals surface area contributed by atoms with Crippen LogP contribution < -0.4 is 0 Å². The number of aliphatic hydroxyl groups is 2. The van der Waals surface area contributed by atoms with Crippen LogP contribution in [0.1, 0.15) is 19.3 Å². The third kappa shape index (κ3) is 6.71. The summed E-state index contributed by atoms with van der Waals surface area (Å²) < 4.78 is 4.72. The van der Waals surface area contributed by atoms with Crippen molar-refractivity contribution in [3.05, 3.63) is 0 Å². The van der Waals surface area contributed by atoms with Crippen LogP contribution in [0.5, 0.6) is 0 Å². The van der Waals surface area contributed by atoms with E-state index < -0.39 is 0 Å². The standard InChI is InChI=1S/C6H13O3.Ti/c7-4-2-1-3-6(9)5-8;/h6-7,9H,1-5H2;/q-1;+1. The van der Waals surface area contributed by atoms with E-state index in [2.05, 4.69) is 0 Å². The van der Waals surface area contributed by atoms with E-state index in [1.807, 2.05) is 0 Å². The summed E-state index contributed by atoms with van der Waals surface area (Å²) >= 11 is 1.56. The van der Waals surface area contributed by atoms with Crippen molar-refractivity contribution >= 4 is 0 Å². The summed E-state index contributed by atoms with van der Waals surface area (Å²) in [5.41, 5.74) is 0. The maximum absolute atomic E-state index is 9.07. The van der Waals surface area contributed by atoms with Gasteiger partial charge in [0.05, 0.1) is 0 Å². The van der Waals surface area contributed by atoms with Crippen molar-refractivity contribution in [1.82, 2.24) is 0 Å². The van der Waals surface area contributed by atoms with E-state index in [-0.39, 0.29) is 12.7 Å². The summed E-state index contributed by atoms with van der Waals surface area (Å²) in [5, 5.41) is 17.5. The Morgan fingerprint density at radius 2 is 2.10 bits per heavy atom. The third-order valence-corrected chi connectivity index (χ3v) is 1.48. The fraction of sp³-hybridized carbons (Fsp3) is 1.00. The second-order valence-electron chi connectivity index (χ2n) is 2.18. The van der Waals surface area contributed by atoms with Crippen LogP contribution in [0.3, 0.4) is 0 Å². The van der Waals surface area contributed by atoms with E-state index in [1.54, 1.807) is 20.8 Å².